The van der Waals surface area contributed by atoms with Crippen LogP contribution in [0.3, 0.4) is 0 Å². The first-order valence-corrected chi connectivity index (χ1v) is 4.56. The van der Waals surface area contributed by atoms with Crippen molar-refractivity contribution in [2.24, 2.45) is 0 Å². The van der Waals surface area contributed by atoms with Gasteiger partial charge in [0, 0.05) is 18.0 Å². The van der Waals surface area contributed by atoms with Crippen molar-refractivity contribution in [1.29, 1.82) is 0 Å². The van der Waals surface area contributed by atoms with Crippen molar-refractivity contribution in [3.8, 4) is 0 Å². The number of carbonyl (C=O) groups excluding carboxylic acids is 1. The fraction of sp³-hybridized carbons (Fsp3) is 0. The van der Waals surface area contributed by atoms with E-state index in [-0.39, 0.29) is 5.91 Å². The van der Waals surface area contributed by atoms with Crippen LogP contribution in [0, 0.1) is 0 Å². The number of imidazole rings is 1. The number of benzene rings is 1. The van der Waals surface area contributed by atoms with E-state index in [9.17, 15) is 4.79 Å². The van der Waals surface area contributed by atoms with E-state index in [1.54, 1.807) is 30.6 Å². The molecule has 0 saturated carbocycles. The molecule has 0 N–H and O–H groups in total. The van der Waals surface area contributed by atoms with E-state index in [2.05, 4.69) is 11.6 Å². The molecular weight excluding hydrogens is 188 g/mol. The van der Waals surface area contributed by atoms with Gasteiger partial charge in [-0.2, -0.15) is 0 Å². The number of nitrogens with zero attached hydrogens (tertiary/aromatic N) is 2. The quantitative estimate of drug-likeness (QED) is 0.741. The molecule has 0 aliphatic carbocycles. The molecule has 0 bridgehead atoms. The lowest BCUT2D eigenvalue weighted by Gasteiger charge is -2.01. The molecule has 0 unspecified atom stereocenters. The van der Waals surface area contributed by atoms with Crippen LogP contribution in [0.5, 0.6) is 0 Å². The lowest BCUT2D eigenvalue weighted by molar-refractivity contribution is 0.0960. The van der Waals surface area contributed by atoms with E-state index in [0.29, 0.717) is 5.56 Å². The Bertz CT molecular complexity index is 486. The summed E-state index contributed by atoms with van der Waals surface area (Å²) in [6.45, 7) is 3.66. The van der Waals surface area contributed by atoms with Crippen molar-refractivity contribution >= 4 is 12.0 Å². The third-order valence-corrected chi connectivity index (χ3v) is 2.11. The van der Waals surface area contributed by atoms with Crippen LogP contribution in [0.1, 0.15) is 15.9 Å². The van der Waals surface area contributed by atoms with Gasteiger partial charge in [0.05, 0.1) is 0 Å². The number of carbonyl (C=O) groups is 1. The van der Waals surface area contributed by atoms with Crippen molar-refractivity contribution < 1.29 is 4.79 Å². The van der Waals surface area contributed by atoms with Crippen LogP contribution in [0.4, 0.5) is 0 Å². The van der Waals surface area contributed by atoms with E-state index in [1.807, 2.05) is 12.1 Å². The zero-order valence-electron chi connectivity index (χ0n) is 8.13. The van der Waals surface area contributed by atoms with Crippen molar-refractivity contribution in [2.45, 2.75) is 0 Å². The van der Waals surface area contributed by atoms with Crippen molar-refractivity contribution in [3.63, 3.8) is 0 Å². The summed E-state index contributed by atoms with van der Waals surface area (Å²) < 4.78 is 1.45. The van der Waals surface area contributed by atoms with E-state index < -0.39 is 0 Å². The first-order chi connectivity index (χ1) is 7.31. The second-order valence-corrected chi connectivity index (χ2v) is 3.10. The molecule has 74 valence electrons. The second-order valence-electron chi connectivity index (χ2n) is 3.10. The Morgan fingerprint density at radius 2 is 2.33 bits per heavy atom. The average molecular weight is 198 g/mol. The molecule has 1 aromatic heterocycles. The molecule has 1 aromatic carbocycles. The minimum atomic E-state index is -0.0869. The minimum absolute atomic E-state index is 0.0869. The summed E-state index contributed by atoms with van der Waals surface area (Å²) in [6.07, 6.45) is 6.41. The average Bonchev–Trinajstić information content (AvgIpc) is 2.81. The van der Waals surface area contributed by atoms with Crippen LogP contribution in [0.15, 0.2) is 49.6 Å². The Labute approximate surface area is 87.7 Å². The van der Waals surface area contributed by atoms with Gasteiger partial charge in [-0.25, -0.2) is 4.98 Å². The Morgan fingerprint density at radius 1 is 1.47 bits per heavy atom. The summed E-state index contributed by atoms with van der Waals surface area (Å²) in [5.41, 5.74) is 1.56. The molecular formula is C12H10N2O. The zero-order valence-corrected chi connectivity index (χ0v) is 8.13. The summed E-state index contributed by atoms with van der Waals surface area (Å²) in [6, 6.07) is 7.31. The maximum Gasteiger partial charge on any atom is 0.263 e. The fourth-order valence-electron chi connectivity index (χ4n) is 1.33. The first-order valence-electron chi connectivity index (χ1n) is 4.56. The van der Waals surface area contributed by atoms with Crippen LogP contribution in [-0.2, 0) is 0 Å². The van der Waals surface area contributed by atoms with E-state index in [0.717, 1.165) is 5.56 Å². The molecule has 0 saturated heterocycles. The first kappa shape index (κ1) is 9.40. The molecule has 0 fully saturated rings. The molecule has 1 heterocycles. The van der Waals surface area contributed by atoms with Gasteiger partial charge in [0.25, 0.3) is 5.91 Å². The molecule has 0 aliphatic rings. The van der Waals surface area contributed by atoms with Gasteiger partial charge in [-0.3, -0.25) is 9.36 Å². The summed E-state index contributed by atoms with van der Waals surface area (Å²) in [5, 5.41) is 0. The van der Waals surface area contributed by atoms with Gasteiger partial charge >= 0.3 is 0 Å². The summed E-state index contributed by atoms with van der Waals surface area (Å²) >= 11 is 0. The predicted octanol–water partition coefficient (Wildman–Crippen LogP) is 2.21. The van der Waals surface area contributed by atoms with Crippen LogP contribution in [0.2, 0.25) is 0 Å². The molecule has 2 aromatic rings. The van der Waals surface area contributed by atoms with Gasteiger partial charge in [-0.05, 0) is 17.7 Å². The zero-order chi connectivity index (χ0) is 10.7. The highest BCUT2D eigenvalue weighted by Gasteiger charge is 2.06. The normalized spacial score (nSPS) is 9.87. The number of hydrogen-bond donors (Lipinski definition) is 0. The molecule has 3 nitrogen and oxygen atoms in total. The monoisotopic (exact) mass is 198 g/mol. The largest absolute Gasteiger partial charge is 0.272 e. The molecule has 2 rings (SSSR count). The Morgan fingerprint density at radius 3 is 3.00 bits per heavy atom. The van der Waals surface area contributed by atoms with Crippen LogP contribution in [0.25, 0.3) is 6.08 Å². The highest BCUT2D eigenvalue weighted by molar-refractivity contribution is 5.96. The molecule has 3 heteroatoms. The van der Waals surface area contributed by atoms with Crippen LogP contribution in [-0.4, -0.2) is 15.5 Å². The molecule has 15 heavy (non-hydrogen) atoms. The van der Waals surface area contributed by atoms with Gasteiger partial charge in [0.15, 0.2) is 0 Å². The number of rotatable bonds is 2. The summed E-state index contributed by atoms with van der Waals surface area (Å²) in [7, 11) is 0. The third kappa shape index (κ3) is 1.86. The Kier molecular flexibility index (Phi) is 2.46. The Hall–Kier alpha value is -2.16. The van der Waals surface area contributed by atoms with E-state index in [4.69, 9.17) is 0 Å². The predicted molar refractivity (Wildman–Crippen MR) is 58.5 cm³/mol. The summed E-state index contributed by atoms with van der Waals surface area (Å²) in [4.78, 5) is 15.7. The Balaban J connectivity index is 2.38. The van der Waals surface area contributed by atoms with Gasteiger partial charge in [0.2, 0.25) is 0 Å². The highest BCUT2D eigenvalue weighted by Crippen LogP contribution is 2.08. The van der Waals surface area contributed by atoms with Gasteiger partial charge in [-0.1, -0.05) is 24.8 Å². The maximum absolute atomic E-state index is 11.9. The highest BCUT2D eigenvalue weighted by atomic mass is 16.2. The minimum Gasteiger partial charge on any atom is -0.272 e. The second kappa shape index (κ2) is 3.92. The molecule has 0 aliphatic heterocycles. The molecule has 0 spiro atoms. The van der Waals surface area contributed by atoms with Gasteiger partial charge in [0.1, 0.15) is 6.33 Å². The smallest absolute Gasteiger partial charge is 0.263 e. The topological polar surface area (TPSA) is 34.9 Å². The van der Waals surface area contributed by atoms with Gasteiger partial charge < -0.3 is 0 Å². The number of aromatic nitrogens is 2. The summed E-state index contributed by atoms with van der Waals surface area (Å²) in [5.74, 6) is -0.0869. The van der Waals surface area contributed by atoms with Crippen LogP contribution < -0.4 is 0 Å². The van der Waals surface area contributed by atoms with Crippen molar-refractivity contribution in [3.05, 3.63) is 60.7 Å². The molecule has 0 amide bonds. The lowest BCUT2D eigenvalue weighted by Crippen LogP contribution is -2.09. The van der Waals surface area contributed by atoms with Crippen molar-refractivity contribution in [2.75, 3.05) is 0 Å². The third-order valence-electron chi connectivity index (χ3n) is 2.11. The van der Waals surface area contributed by atoms with Crippen molar-refractivity contribution in [1.82, 2.24) is 9.55 Å². The fourth-order valence-corrected chi connectivity index (χ4v) is 1.33. The number of hydrogen-bond acceptors (Lipinski definition) is 2. The van der Waals surface area contributed by atoms with Crippen LogP contribution >= 0.6 is 0 Å². The van der Waals surface area contributed by atoms with Gasteiger partial charge in [-0.15, -0.1) is 0 Å². The SMILES string of the molecule is C=Cc1cccc(C(=O)n2ccnc2)c1. The van der Waals surface area contributed by atoms with E-state index >= 15 is 0 Å². The molecule has 0 radical (unpaired) electrons. The standard InChI is InChI=1S/C12H10N2O/c1-2-10-4-3-5-11(8-10)12(15)14-7-6-13-9-14/h2-9H,1H2. The maximum atomic E-state index is 11.9. The lowest BCUT2D eigenvalue weighted by atomic mass is 10.1. The van der Waals surface area contributed by atoms with E-state index in [1.165, 1.54) is 10.9 Å². The molecule has 0 atom stereocenters.